The van der Waals surface area contributed by atoms with E-state index in [0.717, 1.165) is 12.1 Å². The molecule has 4 rings (SSSR count). The van der Waals surface area contributed by atoms with Gasteiger partial charge in [0.25, 0.3) is 5.91 Å². The van der Waals surface area contributed by atoms with E-state index in [1.807, 2.05) is 0 Å². The number of hydrogen-bond acceptors (Lipinski definition) is 4. The summed E-state index contributed by atoms with van der Waals surface area (Å²) >= 11 is 12.2. The van der Waals surface area contributed by atoms with Crippen LogP contribution in [0.5, 0.6) is 5.75 Å². The number of fused-ring (bicyclic) bond motifs is 1. The zero-order valence-electron chi connectivity index (χ0n) is 18.5. The van der Waals surface area contributed by atoms with Crippen molar-refractivity contribution in [3.05, 3.63) is 63.5 Å². The molecule has 186 valence electrons. The van der Waals surface area contributed by atoms with Crippen molar-refractivity contribution in [1.29, 1.82) is 0 Å². The van der Waals surface area contributed by atoms with Gasteiger partial charge in [-0.2, -0.15) is 13.2 Å². The van der Waals surface area contributed by atoms with Crippen LogP contribution < -0.4 is 15.4 Å². The van der Waals surface area contributed by atoms with E-state index in [1.54, 1.807) is 6.07 Å². The smallest absolute Gasteiger partial charge is 0.433 e. The number of alkyl halides is 3. The third kappa shape index (κ3) is 5.56. The second-order valence-electron chi connectivity index (χ2n) is 8.32. The van der Waals surface area contributed by atoms with Crippen LogP contribution in [0.4, 0.5) is 23.2 Å². The highest BCUT2D eigenvalue weighted by atomic mass is 35.5. The van der Waals surface area contributed by atoms with E-state index >= 15 is 0 Å². The Labute approximate surface area is 208 Å². The summed E-state index contributed by atoms with van der Waals surface area (Å²) < 4.78 is 59.4. The number of anilines is 1. The summed E-state index contributed by atoms with van der Waals surface area (Å²) in [5.74, 6) is -1.21. The number of methoxy groups -OCH3 is 1. The summed E-state index contributed by atoms with van der Waals surface area (Å²) in [7, 11) is 1.37. The number of nitrogens with one attached hydrogen (secondary N) is 2. The third-order valence-corrected chi connectivity index (χ3v) is 6.60. The Balaban J connectivity index is 1.46. The van der Waals surface area contributed by atoms with Crippen LogP contribution in [0, 0.1) is 5.82 Å². The molecule has 0 aliphatic heterocycles. The molecule has 1 aliphatic rings. The summed E-state index contributed by atoms with van der Waals surface area (Å²) in [6, 6.07) is 7.58. The van der Waals surface area contributed by atoms with Crippen molar-refractivity contribution in [2.75, 3.05) is 12.4 Å². The van der Waals surface area contributed by atoms with Crippen LogP contribution in [0.25, 0.3) is 10.9 Å². The Kier molecular flexibility index (Phi) is 7.28. The van der Waals surface area contributed by atoms with E-state index in [2.05, 4.69) is 15.6 Å². The molecular weight excluding hydrogens is 509 g/mol. The Morgan fingerprint density at radius 1 is 1.06 bits per heavy atom. The van der Waals surface area contributed by atoms with E-state index in [9.17, 15) is 22.4 Å². The quantitative estimate of drug-likeness (QED) is 0.354. The van der Waals surface area contributed by atoms with Gasteiger partial charge in [0.1, 0.15) is 17.3 Å². The van der Waals surface area contributed by atoms with Gasteiger partial charge in [-0.25, -0.2) is 9.37 Å². The maximum atomic E-state index is 14.2. The molecule has 1 saturated carbocycles. The van der Waals surface area contributed by atoms with Crippen LogP contribution in [-0.4, -0.2) is 30.1 Å². The van der Waals surface area contributed by atoms with Crippen molar-refractivity contribution in [3.63, 3.8) is 0 Å². The number of rotatable bonds is 5. The van der Waals surface area contributed by atoms with Gasteiger partial charge in [0.05, 0.1) is 23.2 Å². The number of nitrogens with zero attached hydrogens (tertiary/aromatic N) is 1. The molecule has 0 atom stereocenters. The summed E-state index contributed by atoms with van der Waals surface area (Å²) in [6.45, 7) is 0. The molecule has 0 saturated heterocycles. The Morgan fingerprint density at radius 3 is 2.40 bits per heavy atom. The summed E-state index contributed by atoms with van der Waals surface area (Å²) in [5, 5.41) is 6.76. The minimum Gasteiger partial charge on any atom is -0.495 e. The lowest BCUT2D eigenvalue weighted by atomic mass is 9.90. The van der Waals surface area contributed by atoms with Crippen LogP contribution in [-0.2, 0) is 6.18 Å². The zero-order chi connectivity index (χ0) is 25.3. The van der Waals surface area contributed by atoms with Crippen LogP contribution in [0.2, 0.25) is 10.0 Å². The molecule has 11 heteroatoms. The normalized spacial score (nSPS) is 18.4. The van der Waals surface area contributed by atoms with Crippen LogP contribution in [0.1, 0.15) is 41.7 Å². The molecule has 1 aromatic heterocycles. The summed E-state index contributed by atoms with van der Waals surface area (Å²) in [5.41, 5.74) is -0.800. The van der Waals surface area contributed by atoms with Gasteiger partial charge in [0.2, 0.25) is 0 Å². The van der Waals surface area contributed by atoms with Crippen molar-refractivity contribution in [3.8, 4) is 5.75 Å². The lowest BCUT2D eigenvalue weighted by Crippen LogP contribution is -2.40. The first-order chi connectivity index (χ1) is 16.6. The molecular formula is C24H21Cl2F4N3O2. The topological polar surface area (TPSA) is 63.2 Å². The lowest BCUT2D eigenvalue weighted by Gasteiger charge is -2.31. The monoisotopic (exact) mass is 529 g/mol. The highest BCUT2D eigenvalue weighted by Crippen LogP contribution is 2.35. The average Bonchev–Trinajstić information content (AvgIpc) is 2.80. The molecule has 2 N–H and O–H groups in total. The van der Waals surface area contributed by atoms with Gasteiger partial charge < -0.3 is 15.4 Å². The van der Waals surface area contributed by atoms with Gasteiger partial charge in [0.15, 0.2) is 0 Å². The SMILES string of the molecule is COc1ccc(F)c(C(=O)N[C@H]2CC[C@@H](Nc3cc(C(F)(F)F)nc4ccc(Cl)cc34)CC2)c1Cl. The molecule has 1 aliphatic carbocycles. The number of halogens is 6. The number of carbonyl (C=O) groups is 1. The molecule has 1 heterocycles. The number of carbonyl (C=O) groups excluding carboxylic acids is 1. The first-order valence-corrected chi connectivity index (χ1v) is 11.6. The van der Waals surface area contributed by atoms with Gasteiger partial charge in [-0.1, -0.05) is 23.2 Å². The van der Waals surface area contributed by atoms with Crippen molar-refractivity contribution in [2.24, 2.45) is 0 Å². The molecule has 2 aromatic carbocycles. The third-order valence-electron chi connectivity index (χ3n) is 5.99. The molecule has 0 bridgehead atoms. The summed E-state index contributed by atoms with van der Waals surface area (Å²) in [6.07, 6.45) is -2.36. The second-order valence-corrected chi connectivity index (χ2v) is 9.13. The lowest BCUT2D eigenvalue weighted by molar-refractivity contribution is -0.140. The Hall–Kier alpha value is -2.78. The molecule has 35 heavy (non-hydrogen) atoms. The largest absolute Gasteiger partial charge is 0.495 e. The van der Waals surface area contributed by atoms with Gasteiger partial charge in [0, 0.05) is 28.2 Å². The second kappa shape index (κ2) is 10.1. The van der Waals surface area contributed by atoms with Crippen molar-refractivity contribution in [1.82, 2.24) is 10.3 Å². The fourth-order valence-corrected chi connectivity index (χ4v) is 4.71. The molecule has 1 fully saturated rings. The maximum absolute atomic E-state index is 14.2. The molecule has 1 amide bonds. The zero-order valence-corrected chi connectivity index (χ0v) is 20.0. The number of hydrogen-bond donors (Lipinski definition) is 2. The highest BCUT2D eigenvalue weighted by Gasteiger charge is 2.34. The van der Waals surface area contributed by atoms with Crippen molar-refractivity contribution in [2.45, 2.75) is 43.9 Å². The fraction of sp³-hybridized carbons (Fsp3) is 0.333. The number of amides is 1. The summed E-state index contributed by atoms with van der Waals surface area (Å²) in [4.78, 5) is 16.4. The van der Waals surface area contributed by atoms with E-state index in [-0.39, 0.29) is 33.9 Å². The minimum atomic E-state index is -4.59. The number of aromatic nitrogens is 1. The number of pyridine rings is 1. The van der Waals surface area contributed by atoms with Gasteiger partial charge in [-0.05, 0) is 62.1 Å². The van der Waals surface area contributed by atoms with Crippen LogP contribution >= 0.6 is 23.2 Å². The van der Waals surface area contributed by atoms with Crippen molar-refractivity contribution < 1.29 is 27.1 Å². The highest BCUT2D eigenvalue weighted by molar-refractivity contribution is 6.35. The minimum absolute atomic E-state index is 0.107. The Bertz CT molecular complexity index is 1260. The first kappa shape index (κ1) is 25.3. The van der Waals surface area contributed by atoms with Crippen molar-refractivity contribution >= 4 is 45.7 Å². The van der Waals surface area contributed by atoms with Crippen LogP contribution in [0.3, 0.4) is 0 Å². The number of benzene rings is 2. The maximum Gasteiger partial charge on any atom is 0.433 e. The first-order valence-electron chi connectivity index (χ1n) is 10.8. The predicted octanol–water partition coefficient (Wildman–Crippen LogP) is 6.86. The molecule has 0 unspecified atom stereocenters. The van der Waals surface area contributed by atoms with Gasteiger partial charge in [-0.3, -0.25) is 4.79 Å². The Morgan fingerprint density at radius 2 is 1.74 bits per heavy atom. The van der Waals surface area contributed by atoms with Gasteiger partial charge in [-0.15, -0.1) is 0 Å². The average molecular weight is 530 g/mol. The molecule has 0 radical (unpaired) electrons. The molecule has 3 aromatic rings. The predicted molar refractivity (Wildman–Crippen MR) is 127 cm³/mol. The van der Waals surface area contributed by atoms with Crippen LogP contribution in [0.15, 0.2) is 36.4 Å². The van der Waals surface area contributed by atoms with E-state index < -0.39 is 23.6 Å². The van der Waals surface area contributed by atoms with Gasteiger partial charge >= 0.3 is 6.18 Å². The number of ether oxygens (including phenoxy) is 1. The van der Waals surface area contributed by atoms with E-state index in [1.165, 1.54) is 25.3 Å². The van der Waals surface area contributed by atoms with E-state index in [0.29, 0.717) is 41.8 Å². The standard InChI is InChI=1S/C24H21Cl2F4N3O2/c1-35-19-9-7-16(27)21(22(19)26)23(34)32-14-5-3-13(4-6-14)31-18-11-20(24(28,29)30)33-17-8-2-12(25)10-15(17)18/h2,7-11,13-14H,3-6H2,1H3,(H,31,33)(H,32,34)/t13-,14+. The molecule has 5 nitrogen and oxygen atoms in total. The fourth-order valence-electron chi connectivity index (χ4n) is 4.22. The van der Waals surface area contributed by atoms with E-state index in [4.69, 9.17) is 27.9 Å². The molecule has 0 spiro atoms.